The molecule has 1 amide bonds. The molecule has 0 aromatic carbocycles. The van der Waals surface area contributed by atoms with Gasteiger partial charge in [-0.05, 0) is 12.1 Å². The van der Waals surface area contributed by atoms with E-state index in [0.29, 0.717) is 18.0 Å². The van der Waals surface area contributed by atoms with Crippen LogP contribution >= 0.6 is 11.8 Å². The molecule has 0 aliphatic carbocycles. The van der Waals surface area contributed by atoms with Gasteiger partial charge in [0.1, 0.15) is 0 Å². The summed E-state index contributed by atoms with van der Waals surface area (Å²) in [5.41, 5.74) is 0.595. The molecular weight excluding hydrogens is 200 g/mol. The Morgan fingerprint density at radius 1 is 1.57 bits per heavy atom. The Morgan fingerprint density at radius 3 is 2.93 bits per heavy atom. The molecule has 0 saturated carbocycles. The predicted molar refractivity (Wildman–Crippen MR) is 56.3 cm³/mol. The first-order valence-electron chi connectivity index (χ1n) is 4.25. The molecule has 2 N–H and O–H groups in total. The third kappa shape index (κ3) is 3.66. The summed E-state index contributed by atoms with van der Waals surface area (Å²) < 4.78 is 0. The van der Waals surface area contributed by atoms with Crippen molar-refractivity contribution in [1.29, 1.82) is 0 Å². The minimum Gasteiger partial charge on any atom is -0.358 e. The summed E-state index contributed by atoms with van der Waals surface area (Å²) in [4.78, 5) is 24.7. The normalized spacial score (nSPS) is 9.79. The van der Waals surface area contributed by atoms with Crippen molar-refractivity contribution in [3.8, 4) is 0 Å². The molecule has 0 aliphatic heterocycles. The van der Waals surface area contributed by atoms with Crippen LogP contribution in [0.5, 0.6) is 0 Å². The predicted octanol–water partition coefficient (Wildman–Crippen LogP) is 1.02. The third-order valence-electron chi connectivity index (χ3n) is 1.53. The summed E-state index contributed by atoms with van der Waals surface area (Å²) in [6.45, 7) is 1.98. The van der Waals surface area contributed by atoms with Crippen molar-refractivity contribution in [2.75, 3.05) is 12.3 Å². The number of aromatic nitrogens is 1. The van der Waals surface area contributed by atoms with Gasteiger partial charge in [0.05, 0.1) is 5.69 Å². The Morgan fingerprint density at radius 2 is 2.36 bits per heavy atom. The number of thioether (sulfide) groups is 1. The second-order valence-electron chi connectivity index (χ2n) is 2.70. The van der Waals surface area contributed by atoms with E-state index in [1.807, 2.05) is 0 Å². The SMILES string of the molecule is CC(=O)NCCSC(=O)c1ccc[nH]1. The van der Waals surface area contributed by atoms with Crippen molar-refractivity contribution in [2.24, 2.45) is 0 Å². The van der Waals surface area contributed by atoms with Crippen LogP contribution < -0.4 is 5.32 Å². The maximum Gasteiger partial charge on any atom is 0.235 e. The Bertz CT molecular complexity index is 309. The second-order valence-corrected chi connectivity index (χ2v) is 3.77. The number of carbonyl (C=O) groups is 2. The van der Waals surface area contributed by atoms with E-state index in [4.69, 9.17) is 0 Å². The summed E-state index contributed by atoms with van der Waals surface area (Å²) in [5, 5.41) is 2.62. The van der Waals surface area contributed by atoms with Crippen LogP contribution in [0.25, 0.3) is 0 Å². The lowest BCUT2D eigenvalue weighted by Crippen LogP contribution is -2.22. The number of aromatic amines is 1. The van der Waals surface area contributed by atoms with Crippen molar-refractivity contribution >= 4 is 22.8 Å². The van der Waals surface area contributed by atoms with Crippen molar-refractivity contribution in [2.45, 2.75) is 6.92 Å². The minimum atomic E-state index is -0.0714. The summed E-state index contributed by atoms with van der Waals surface area (Å²) in [5.74, 6) is 0.523. The number of hydrogen-bond acceptors (Lipinski definition) is 3. The molecule has 1 aromatic heterocycles. The van der Waals surface area contributed by atoms with Gasteiger partial charge >= 0.3 is 0 Å². The molecule has 4 nitrogen and oxygen atoms in total. The van der Waals surface area contributed by atoms with E-state index in [9.17, 15) is 9.59 Å². The molecule has 0 fully saturated rings. The summed E-state index contributed by atoms with van der Waals surface area (Å²) >= 11 is 1.19. The molecule has 0 aliphatic rings. The number of rotatable bonds is 4. The highest BCUT2D eigenvalue weighted by molar-refractivity contribution is 8.14. The van der Waals surface area contributed by atoms with Gasteiger partial charge in [0.2, 0.25) is 11.0 Å². The number of nitrogens with one attached hydrogen (secondary N) is 2. The lowest BCUT2D eigenvalue weighted by Gasteiger charge is -2.00. The second kappa shape index (κ2) is 5.49. The minimum absolute atomic E-state index is 0.000326. The monoisotopic (exact) mass is 212 g/mol. The fourth-order valence-corrected chi connectivity index (χ4v) is 1.58. The van der Waals surface area contributed by atoms with Crippen LogP contribution in [-0.2, 0) is 4.79 Å². The van der Waals surface area contributed by atoms with Crippen LogP contribution in [-0.4, -0.2) is 28.3 Å². The molecule has 1 aromatic rings. The zero-order valence-electron chi connectivity index (χ0n) is 7.87. The lowest BCUT2D eigenvalue weighted by atomic mass is 10.5. The first kappa shape index (κ1) is 10.8. The van der Waals surface area contributed by atoms with Gasteiger partial charge in [0.15, 0.2) is 0 Å². The molecule has 0 radical (unpaired) electrons. The van der Waals surface area contributed by atoms with E-state index in [0.717, 1.165) is 0 Å². The van der Waals surface area contributed by atoms with Gasteiger partial charge in [0.25, 0.3) is 0 Å². The smallest absolute Gasteiger partial charge is 0.235 e. The Kier molecular flexibility index (Phi) is 4.25. The van der Waals surface area contributed by atoms with Gasteiger partial charge in [-0.25, -0.2) is 0 Å². The molecule has 0 spiro atoms. The molecular formula is C9H12N2O2S. The molecule has 76 valence electrons. The summed E-state index contributed by atoms with van der Waals surface area (Å²) in [7, 11) is 0. The van der Waals surface area contributed by atoms with E-state index in [2.05, 4.69) is 10.3 Å². The summed E-state index contributed by atoms with van der Waals surface area (Å²) in [6.07, 6.45) is 1.71. The van der Waals surface area contributed by atoms with Crippen LogP contribution in [0.1, 0.15) is 17.4 Å². The van der Waals surface area contributed by atoms with Gasteiger partial charge in [-0.1, -0.05) is 11.8 Å². The van der Waals surface area contributed by atoms with Gasteiger partial charge in [-0.3, -0.25) is 9.59 Å². The maximum absolute atomic E-state index is 11.4. The van der Waals surface area contributed by atoms with Crippen LogP contribution in [0, 0.1) is 0 Å². The quantitative estimate of drug-likeness (QED) is 0.733. The molecule has 1 rings (SSSR count). The zero-order chi connectivity index (χ0) is 10.4. The van der Waals surface area contributed by atoms with Gasteiger partial charge in [-0.2, -0.15) is 0 Å². The van der Waals surface area contributed by atoms with Crippen LogP contribution in [0.4, 0.5) is 0 Å². The molecule has 0 atom stereocenters. The molecule has 14 heavy (non-hydrogen) atoms. The number of H-pyrrole nitrogens is 1. The molecule has 5 heteroatoms. The standard InChI is InChI=1S/C9H12N2O2S/c1-7(12)10-5-6-14-9(13)8-3-2-4-11-8/h2-4,11H,5-6H2,1H3,(H,10,12). The fourth-order valence-electron chi connectivity index (χ4n) is 0.906. The van der Waals surface area contributed by atoms with E-state index < -0.39 is 0 Å². The molecule has 0 bridgehead atoms. The number of hydrogen-bond donors (Lipinski definition) is 2. The van der Waals surface area contributed by atoms with Gasteiger partial charge in [0, 0.05) is 25.4 Å². The number of amides is 1. The first-order chi connectivity index (χ1) is 6.70. The Balaban J connectivity index is 2.19. The molecule has 0 unspecified atom stereocenters. The average Bonchev–Trinajstić information content (AvgIpc) is 2.64. The van der Waals surface area contributed by atoms with Crippen molar-refractivity contribution < 1.29 is 9.59 Å². The Labute approximate surface area is 86.5 Å². The maximum atomic E-state index is 11.4. The average molecular weight is 212 g/mol. The molecule has 0 saturated heterocycles. The highest BCUT2D eigenvalue weighted by Gasteiger charge is 2.05. The van der Waals surface area contributed by atoms with E-state index in [1.165, 1.54) is 18.7 Å². The van der Waals surface area contributed by atoms with Crippen molar-refractivity contribution in [3.05, 3.63) is 24.0 Å². The van der Waals surface area contributed by atoms with Gasteiger partial charge in [-0.15, -0.1) is 0 Å². The Hall–Kier alpha value is -1.23. The summed E-state index contributed by atoms with van der Waals surface area (Å²) in [6, 6.07) is 3.51. The third-order valence-corrected chi connectivity index (χ3v) is 2.42. The van der Waals surface area contributed by atoms with Crippen molar-refractivity contribution in [1.82, 2.24) is 10.3 Å². The highest BCUT2D eigenvalue weighted by atomic mass is 32.2. The van der Waals surface area contributed by atoms with E-state index in [1.54, 1.807) is 18.3 Å². The first-order valence-corrected chi connectivity index (χ1v) is 5.23. The van der Waals surface area contributed by atoms with Crippen LogP contribution in [0.3, 0.4) is 0 Å². The topological polar surface area (TPSA) is 62.0 Å². The largest absolute Gasteiger partial charge is 0.358 e. The number of carbonyl (C=O) groups excluding carboxylic acids is 2. The van der Waals surface area contributed by atoms with E-state index in [-0.39, 0.29) is 11.0 Å². The van der Waals surface area contributed by atoms with Gasteiger partial charge < -0.3 is 10.3 Å². The fraction of sp³-hybridized carbons (Fsp3) is 0.333. The van der Waals surface area contributed by atoms with Crippen LogP contribution in [0.15, 0.2) is 18.3 Å². The zero-order valence-corrected chi connectivity index (χ0v) is 8.69. The lowest BCUT2D eigenvalue weighted by molar-refractivity contribution is -0.118. The van der Waals surface area contributed by atoms with E-state index >= 15 is 0 Å². The van der Waals surface area contributed by atoms with Crippen LogP contribution in [0.2, 0.25) is 0 Å². The van der Waals surface area contributed by atoms with Crippen molar-refractivity contribution in [3.63, 3.8) is 0 Å². The highest BCUT2D eigenvalue weighted by Crippen LogP contribution is 2.09. The molecule has 1 heterocycles.